The van der Waals surface area contributed by atoms with Crippen LogP contribution in [0.4, 0.5) is 0 Å². The van der Waals surface area contributed by atoms with E-state index in [2.05, 4.69) is 24.1 Å². The monoisotopic (exact) mass is 328 g/mol. The number of hydrogen-bond donors (Lipinski definition) is 1. The van der Waals surface area contributed by atoms with Crippen molar-refractivity contribution in [2.24, 2.45) is 0 Å². The molecule has 0 aliphatic carbocycles. The topological polar surface area (TPSA) is 24.9 Å². The second kappa shape index (κ2) is 7.41. The van der Waals surface area contributed by atoms with Gasteiger partial charge in [-0.1, -0.05) is 36.2 Å². The lowest BCUT2D eigenvalue weighted by molar-refractivity contribution is 0.577. The summed E-state index contributed by atoms with van der Waals surface area (Å²) >= 11 is 13.7. The molecule has 0 aliphatic heterocycles. The SMILES string of the molecule is CCCNC(C)c1cnc(Cc2ccc(Cl)c(Cl)c2)s1. The molecule has 2 aromatic rings. The lowest BCUT2D eigenvalue weighted by atomic mass is 10.2. The van der Waals surface area contributed by atoms with Crippen molar-refractivity contribution in [3.8, 4) is 0 Å². The number of nitrogens with zero attached hydrogens (tertiary/aromatic N) is 1. The molecule has 0 fully saturated rings. The highest BCUT2D eigenvalue weighted by atomic mass is 35.5. The standard InChI is InChI=1S/C15H18Cl2N2S/c1-3-6-18-10(2)14-9-19-15(20-14)8-11-4-5-12(16)13(17)7-11/h4-5,7,9-10,18H,3,6,8H2,1-2H3. The van der Waals surface area contributed by atoms with Crippen LogP contribution in [0.5, 0.6) is 0 Å². The Morgan fingerprint density at radius 3 is 2.80 bits per heavy atom. The van der Waals surface area contributed by atoms with Gasteiger partial charge in [0.1, 0.15) is 0 Å². The smallest absolute Gasteiger partial charge is 0.0972 e. The van der Waals surface area contributed by atoms with Crippen LogP contribution in [-0.2, 0) is 6.42 Å². The first kappa shape index (κ1) is 15.8. The van der Waals surface area contributed by atoms with E-state index in [1.54, 1.807) is 11.3 Å². The molecule has 20 heavy (non-hydrogen) atoms. The summed E-state index contributed by atoms with van der Waals surface area (Å²) in [6, 6.07) is 6.09. The van der Waals surface area contributed by atoms with Crippen molar-refractivity contribution in [2.45, 2.75) is 32.7 Å². The van der Waals surface area contributed by atoms with Gasteiger partial charge in [-0.15, -0.1) is 11.3 Å². The molecule has 1 unspecified atom stereocenters. The molecule has 0 spiro atoms. The van der Waals surface area contributed by atoms with Crippen LogP contribution in [0.3, 0.4) is 0 Å². The summed E-state index contributed by atoms with van der Waals surface area (Å²) in [7, 11) is 0. The van der Waals surface area contributed by atoms with Crippen molar-refractivity contribution in [3.63, 3.8) is 0 Å². The molecule has 1 atom stereocenters. The molecule has 1 aromatic heterocycles. The average Bonchev–Trinajstić information content (AvgIpc) is 2.89. The largest absolute Gasteiger partial charge is 0.309 e. The summed E-state index contributed by atoms with van der Waals surface area (Å²) in [5.74, 6) is 0. The molecule has 1 N–H and O–H groups in total. The minimum absolute atomic E-state index is 0.356. The number of hydrogen-bond acceptors (Lipinski definition) is 3. The minimum atomic E-state index is 0.356. The summed E-state index contributed by atoms with van der Waals surface area (Å²) in [5.41, 5.74) is 1.13. The van der Waals surface area contributed by atoms with Gasteiger partial charge in [0.05, 0.1) is 15.1 Å². The van der Waals surface area contributed by atoms with E-state index in [-0.39, 0.29) is 0 Å². The van der Waals surface area contributed by atoms with Gasteiger partial charge in [-0.25, -0.2) is 4.98 Å². The Hall–Kier alpha value is -0.610. The number of thiazole rings is 1. The van der Waals surface area contributed by atoms with E-state index in [4.69, 9.17) is 23.2 Å². The second-order valence-corrected chi connectivity index (χ2v) is 6.72. The molecule has 2 nitrogen and oxygen atoms in total. The number of nitrogens with one attached hydrogen (secondary N) is 1. The Morgan fingerprint density at radius 2 is 2.10 bits per heavy atom. The Balaban J connectivity index is 2.03. The van der Waals surface area contributed by atoms with Crippen molar-refractivity contribution in [1.82, 2.24) is 10.3 Å². The van der Waals surface area contributed by atoms with Gasteiger partial charge in [0.25, 0.3) is 0 Å². The van der Waals surface area contributed by atoms with Crippen LogP contribution < -0.4 is 5.32 Å². The third-order valence-corrected chi connectivity index (χ3v) is 4.96. The third-order valence-electron chi connectivity index (χ3n) is 3.04. The predicted molar refractivity (Wildman–Crippen MR) is 88.1 cm³/mol. The van der Waals surface area contributed by atoms with E-state index in [0.717, 1.165) is 30.0 Å². The maximum absolute atomic E-state index is 6.03. The Bertz CT molecular complexity index is 569. The van der Waals surface area contributed by atoms with Crippen molar-refractivity contribution in [2.75, 3.05) is 6.54 Å². The van der Waals surface area contributed by atoms with E-state index >= 15 is 0 Å². The normalized spacial score (nSPS) is 12.6. The Labute approximate surface area is 134 Å². The van der Waals surface area contributed by atoms with E-state index in [1.165, 1.54) is 4.88 Å². The van der Waals surface area contributed by atoms with Crippen molar-refractivity contribution < 1.29 is 0 Å². The molecular weight excluding hydrogens is 311 g/mol. The molecule has 1 aromatic carbocycles. The molecule has 5 heteroatoms. The fraction of sp³-hybridized carbons (Fsp3) is 0.400. The summed E-state index contributed by atoms with van der Waals surface area (Å²) in [4.78, 5) is 5.77. The van der Waals surface area contributed by atoms with Crippen LogP contribution in [0.25, 0.3) is 0 Å². The Kier molecular flexibility index (Phi) is 5.85. The molecular formula is C15H18Cl2N2S. The van der Waals surface area contributed by atoms with E-state index in [1.807, 2.05) is 24.4 Å². The molecule has 0 radical (unpaired) electrons. The van der Waals surface area contributed by atoms with Crippen LogP contribution in [0.1, 0.15) is 41.8 Å². The number of halogens is 2. The molecule has 0 saturated carbocycles. The molecule has 108 valence electrons. The third kappa shape index (κ3) is 4.19. The zero-order valence-electron chi connectivity index (χ0n) is 11.6. The first-order valence-corrected chi connectivity index (χ1v) is 8.29. The molecule has 0 saturated heterocycles. The predicted octanol–water partition coefficient (Wildman–Crippen LogP) is 5.10. The summed E-state index contributed by atoms with van der Waals surface area (Å²) in [5, 5.41) is 5.76. The van der Waals surface area contributed by atoms with Gasteiger partial charge < -0.3 is 5.32 Å². The molecule has 2 rings (SSSR count). The van der Waals surface area contributed by atoms with Gasteiger partial charge in [-0.2, -0.15) is 0 Å². The molecule has 1 heterocycles. The highest BCUT2D eigenvalue weighted by Crippen LogP contribution is 2.26. The lowest BCUT2D eigenvalue weighted by Gasteiger charge is -2.09. The number of aromatic nitrogens is 1. The lowest BCUT2D eigenvalue weighted by Crippen LogP contribution is -2.18. The van der Waals surface area contributed by atoms with Gasteiger partial charge >= 0.3 is 0 Å². The Morgan fingerprint density at radius 1 is 1.30 bits per heavy atom. The fourth-order valence-electron chi connectivity index (χ4n) is 1.89. The maximum Gasteiger partial charge on any atom is 0.0972 e. The summed E-state index contributed by atoms with van der Waals surface area (Å²) in [6.45, 7) is 5.37. The molecule has 0 bridgehead atoms. The molecule has 0 amide bonds. The van der Waals surface area contributed by atoms with Crippen LogP contribution in [0.2, 0.25) is 10.0 Å². The van der Waals surface area contributed by atoms with E-state index in [0.29, 0.717) is 16.1 Å². The van der Waals surface area contributed by atoms with Crippen LogP contribution >= 0.6 is 34.5 Å². The maximum atomic E-state index is 6.03. The second-order valence-electron chi connectivity index (χ2n) is 4.76. The number of benzene rings is 1. The van der Waals surface area contributed by atoms with Crippen LogP contribution in [0, 0.1) is 0 Å². The summed E-state index contributed by atoms with van der Waals surface area (Å²) in [6.07, 6.45) is 3.90. The van der Waals surface area contributed by atoms with Crippen LogP contribution in [0.15, 0.2) is 24.4 Å². The van der Waals surface area contributed by atoms with E-state index in [9.17, 15) is 0 Å². The van der Waals surface area contributed by atoms with Crippen LogP contribution in [-0.4, -0.2) is 11.5 Å². The van der Waals surface area contributed by atoms with Crippen molar-refractivity contribution in [1.29, 1.82) is 0 Å². The van der Waals surface area contributed by atoms with Gasteiger partial charge in [-0.05, 0) is 37.6 Å². The molecule has 0 aliphatic rings. The highest BCUT2D eigenvalue weighted by molar-refractivity contribution is 7.11. The van der Waals surface area contributed by atoms with Gasteiger partial charge in [-0.3, -0.25) is 0 Å². The zero-order chi connectivity index (χ0) is 14.5. The first-order chi connectivity index (χ1) is 9.60. The average molecular weight is 329 g/mol. The minimum Gasteiger partial charge on any atom is -0.309 e. The first-order valence-electron chi connectivity index (χ1n) is 6.72. The number of rotatable bonds is 6. The van der Waals surface area contributed by atoms with Gasteiger partial charge in [0, 0.05) is 23.5 Å². The van der Waals surface area contributed by atoms with Gasteiger partial charge in [0.15, 0.2) is 0 Å². The fourth-order valence-corrected chi connectivity index (χ4v) is 3.19. The highest BCUT2D eigenvalue weighted by Gasteiger charge is 2.10. The van der Waals surface area contributed by atoms with Crippen molar-refractivity contribution >= 4 is 34.5 Å². The van der Waals surface area contributed by atoms with E-state index < -0.39 is 0 Å². The van der Waals surface area contributed by atoms with Crippen molar-refractivity contribution in [3.05, 3.63) is 49.9 Å². The summed E-state index contributed by atoms with van der Waals surface area (Å²) < 4.78 is 0. The quantitative estimate of drug-likeness (QED) is 0.797. The van der Waals surface area contributed by atoms with Gasteiger partial charge in [0.2, 0.25) is 0 Å². The zero-order valence-corrected chi connectivity index (χ0v) is 13.9.